The van der Waals surface area contributed by atoms with Crippen molar-refractivity contribution < 1.29 is 42.9 Å². The molecule has 1 saturated heterocycles. The van der Waals surface area contributed by atoms with E-state index in [-0.39, 0.29) is 19.6 Å². The molecule has 2 rings (SSSR count). The number of ether oxygens (including phenoxy) is 5. The predicted molar refractivity (Wildman–Crippen MR) is 117 cm³/mol. The lowest BCUT2D eigenvalue weighted by atomic mass is 9.81. The Hall–Kier alpha value is -2.74. The molecule has 0 aliphatic carbocycles. The first kappa shape index (κ1) is 26.5. The quantitative estimate of drug-likeness (QED) is 0.215. The number of Topliss-reactive ketones (excluding diaryl/α,β-unsaturated/α-hetero) is 1. The molecular formula is C23H28O9S. The average molecular weight is 481 g/mol. The van der Waals surface area contributed by atoms with Gasteiger partial charge in [0.25, 0.3) is 0 Å². The van der Waals surface area contributed by atoms with Gasteiger partial charge in [-0.25, -0.2) is 4.79 Å². The maximum Gasteiger partial charge on any atom is 0.346 e. The van der Waals surface area contributed by atoms with Crippen molar-refractivity contribution >= 4 is 35.0 Å². The molecule has 0 saturated carbocycles. The molecule has 5 atom stereocenters. The molecular weight excluding hydrogens is 452 g/mol. The van der Waals surface area contributed by atoms with Crippen LogP contribution in [0.25, 0.3) is 0 Å². The zero-order valence-electron chi connectivity index (χ0n) is 19.2. The Morgan fingerprint density at radius 3 is 2.36 bits per heavy atom. The molecule has 10 heteroatoms. The minimum atomic E-state index is -1.94. The summed E-state index contributed by atoms with van der Waals surface area (Å²) in [5.41, 5.74) is -2.51. The molecule has 9 nitrogen and oxygen atoms in total. The number of hydrogen-bond donors (Lipinski definition) is 0. The van der Waals surface area contributed by atoms with Crippen LogP contribution in [0.1, 0.15) is 40.2 Å². The van der Waals surface area contributed by atoms with Gasteiger partial charge in [0.05, 0.1) is 18.6 Å². The van der Waals surface area contributed by atoms with Crippen molar-refractivity contribution in [1.29, 1.82) is 0 Å². The minimum absolute atomic E-state index is 0.0475. The van der Waals surface area contributed by atoms with E-state index in [2.05, 4.69) is 5.92 Å². The highest BCUT2D eigenvalue weighted by molar-refractivity contribution is 7.07. The van der Waals surface area contributed by atoms with Crippen molar-refractivity contribution in [3.05, 3.63) is 22.4 Å². The van der Waals surface area contributed by atoms with E-state index >= 15 is 0 Å². The zero-order valence-corrected chi connectivity index (χ0v) is 20.1. The lowest BCUT2D eigenvalue weighted by Crippen LogP contribution is -2.53. The predicted octanol–water partition coefficient (Wildman–Crippen LogP) is 2.06. The molecule has 1 aliphatic rings. The Morgan fingerprint density at radius 2 is 1.88 bits per heavy atom. The van der Waals surface area contributed by atoms with E-state index in [4.69, 9.17) is 30.1 Å². The Morgan fingerprint density at radius 1 is 1.21 bits per heavy atom. The SMILES string of the molecule is C#C[C@@]1(C)[C@@H](COC(Cc2ccsc2)(C(C)=O)C(=O)OCC)OC(OC(C)=O)[C@@H]1OC(C)=O. The lowest BCUT2D eigenvalue weighted by Gasteiger charge is -2.33. The second kappa shape index (κ2) is 10.9. The monoisotopic (exact) mass is 480 g/mol. The largest absolute Gasteiger partial charge is 0.463 e. The number of thiophene rings is 1. The first-order valence-corrected chi connectivity index (χ1v) is 11.2. The third-order valence-corrected chi connectivity index (χ3v) is 6.11. The minimum Gasteiger partial charge on any atom is -0.463 e. The fraction of sp³-hybridized carbons (Fsp3) is 0.565. The maximum absolute atomic E-state index is 12.9. The van der Waals surface area contributed by atoms with Crippen molar-refractivity contribution in [3.8, 4) is 12.3 Å². The summed E-state index contributed by atoms with van der Waals surface area (Å²) in [5.74, 6) is -0.163. The van der Waals surface area contributed by atoms with Gasteiger partial charge in [-0.05, 0) is 43.2 Å². The topological polar surface area (TPSA) is 114 Å². The highest BCUT2D eigenvalue weighted by Gasteiger charge is 2.58. The number of carbonyl (C=O) groups is 4. The van der Waals surface area contributed by atoms with Crippen LogP contribution in [0.2, 0.25) is 0 Å². The summed E-state index contributed by atoms with van der Waals surface area (Å²) in [7, 11) is 0. The fourth-order valence-corrected chi connectivity index (χ4v) is 4.20. The molecule has 2 heterocycles. The van der Waals surface area contributed by atoms with Crippen LogP contribution in [0.5, 0.6) is 0 Å². The van der Waals surface area contributed by atoms with E-state index in [0.29, 0.717) is 5.56 Å². The smallest absolute Gasteiger partial charge is 0.346 e. The van der Waals surface area contributed by atoms with Gasteiger partial charge >= 0.3 is 17.9 Å². The van der Waals surface area contributed by atoms with Crippen LogP contribution in [0, 0.1) is 17.8 Å². The highest BCUT2D eigenvalue weighted by Crippen LogP contribution is 2.42. The van der Waals surface area contributed by atoms with Crippen LogP contribution in [0.4, 0.5) is 0 Å². The molecule has 0 amide bonds. The second-order valence-electron chi connectivity index (χ2n) is 7.78. The average Bonchev–Trinajstić information content (AvgIpc) is 3.32. The molecule has 1 aromatic rings. The van der Waals surface area contributed by atoms with Gasteiger partial charge in [-0.3, -0.25) is 14.4 Å². The number of hydrogen-bond acceptors (Lipinski definition) is 10. The zero-order chi connectivity index (χ0) is 24.8. The molecule has 0 radical (unpaired) electrons. The summed E-state index contributed by atoms with van der Waals surface area (Å²) in [5, 5.41) is 3.61. The van der Waals surface area contributed by atoms with Gasteiger partial charge in [0.15, 0.2) is 11.9 Å². The van der Waals surface area contributed by atoms with Crippen molar-refractivity contribution in [2.24, 2.45) is 5.41 Å². The summed E-state index contributed by atoms with van der Waals surface area (Å²) in [6, 6.07) is 1.77. The molecule has 180 valence electrons. The van der Waals surface area contributed by atoms with Crippen molar-refractivity contribution in [2.75, 3.05) is 13.2 Å². The van der Waals surface area contributed by atoms with Gasteiger partial charge < -0.3 is 23.7 Å². The van der Waals surface area contributed by atoms with Crippen LogP contribution in [0.3, 0.4) is 0 Å². The maximum atomic E-state index is 12.9. The number of terminal acetylenes is 1. The van der Waals surface area contributed by atoms with Crippen LogP contribution in [0.15, 0.2) is 16.8 Å². The van der Waals surface area contributed by atoms with E-state index in [1.165, 1.54) is 32.1 Å². The van der Waals surface area contributed by atoms with Gasteiger partial charge in [0, 0.05) is 20.3 Å². The normalized spacial score (nSPS) is 26.0. The van der Waals surface area contributed by atoms with Crippen LogP contribution in [-0.4, -0.2) is 61.0 Å². The van der Waals surface area contributed by atoms with Crippen LogP contribution < -0.4 is 0 Å². The molecule has 2 unspecified atom stereocenters. The molecule has 0 bridgehead atoms. The fourth-order valence-electron chi connectivity index (χ4n) is 3.54. The Kier molecular flexibility index (Phi) is 8.77. The summed E-state index contributed by atoms with van der Waals surface area (Å²) < 4.78 is 27.4. The summed E-state index contributed by atoms with van der Waals surface area (Å²) in [4.78, 5) is 48.8. The van der Waals surface area contributed by atoms with E-state index in [1.54, 1.807) is 25.3 Å². The number of rotatable bonds is 10. The molecule has 0 spiro atoms. The van der Waals surface area contributed by atoms with Crippen LogP contribution in [-0.2, 0) is 49.3 Å². The van der Waals surface area contributed by atoms with Gasteiger partial charge in [-0.1, -0.05) is 5.92 Å². The first-order chi connectivity index (χ1) is 15.5. The molecule has 1 aromatic heterocycles. The van der Waals surface area contributed by atoms with Gasteiger partial charge in [0.1, 0.15) is 6.10 Å². The molecule has 33 heavy (non-hydrogen) atoms. The van der Waals surface area contributed by atoms with Crippen molar-refractivity contribution in [1.82, 2.24) is 0 Å². The van der Waals surface area contributed by atoms with Crippen molar-refractivity contribution in [2.45, 2.75) is 65.1 Å². The summed E-state index contributed by atoms with van der Waals surface area (Å²) >= 11 is 1.41. The lowest BCUT2D eigenvalue weighted by molar-refractivity contribution is -0.201. The van der Waals surface area contributed by atoms with Crippen molar-refractivity contribution in [3.63, 3.8) is 0 Å². The third-order valence-electron chi connectivity index (χ3n) is 5.38. The van der Waals surface area contributed by atoms with Gasteiger partial charge in [0.2, 0.25) is 11.9 Å². The van der Waals surface area contributed by atoms with Gasteiger partial charge in [-0.2, -0.15) is 11.3 Å². The van der Waals surface area contributed by atoms with Crippen LogP contribution >= 0.6 is 11.3 Å². The Labute approximate surface area is 196 Å². The highest BCUT2D eigenvalue weighted by atomic mass is 32.1. The first-order valence-electron chi connectivity index (χ1n) is 10.3. The number of esters is 3. The standard InChI is InChI=1S/C23H28O9S/c1-7-22(6)18(32-20(31-16(5)26)19(22)30-15(4)25)12-29-23(14(3)24,21(27)28-8-2)11-17-9-10-33-13-17/h1,9-10,13,18-20H,8,11-12H2,2-6H3/t18-,19+,20?,22+,23?/m1/s1. The molecule has 0 aromatic carbocycles. The van der Waals surface area contributed by atoms with E-state index < -0.39 is 53.2 Å². The number of ketones is 1. The van der Waals surface area contributed by atoms with E-state index in [0.717, 1.165) is 0 Å². The summed E-state index contributed by atoms with van der Waals surface area (Å²) in [6.45, 7) is 6.52. The third kappa shape index (κ3) is 5.79. The molecule has 0 N–H and O–H groups in total. The molecule has 1 aliphatic heterocycles. The number of carbonyl (C=O) groups excluding carboxylic acids is 4. The summed E-state index contributed by atoms with van der Waals surface area (Å²) in [6.07, 6.45) is 2.32. The molecule has 1 fully saturated rings. The second-order valence-corrected chi connectivity index (χ2v) is 8.56. The van der Waals surface area contributed by atoms with E-state index in [1.807, 2.05) is 5.38 Å². The van der Waals surface area contributed by atoms with E-state index in [9.17, 15) is 19.2 Å². The Balaban J connectivity index is 2.38. The van der Waals surface area contributed by atoms with Gasteiger partial charge in [-0.15, -0.1) is 6.42 Å². The Bertz CT molecular complexity index is 919.